The van der Waals surface area contributed by atoms with Crippen molar-refractivity contribution in [2.45, 2.75) is 43.0 Å². The lowest BCUT2D eigenvalue weighted by molar-refractivity contribution is 0.0344. The van der Waals surface area contributed by atoms with E-state index >= 15 is 0 Å². The van der Waals surface area contributed by atoms with E-state index in [1.54, 1.807) is 28.5 Å². The van der Waals surface area contributed by atoms with Gasteiger partial charge in [0.1, 0.15) is 16.1 Å². The molecular weight excluding hydrogens is 474 g/mol. The standard InChI is InChI=1S/C24H33N3O5S2/c1-16-12-27(17(2)15-28)24(29)20-11-19(25-34(30,31)23-5-4-10-33-23)8-9-21(20)32-22(16)14-26(3)13-18-6-7-18/h4-5,8-11,16-18,22,25,28H,6-7,12-15H2,1-3H3/t16-,17+,22-/m1/s1. The number of aliphatic hydroxyl groups excluding tert-OH is 1. The molecule has 1 aromatic heterocycles. The zero-order valence-electron chi connectivity index (χ0n) is 19.8. The number of sulfonamides is 1. The minimum absolute atomic E-state index is 0.0461. The van der Waals surface area contributed by atoms with Crippen LogP contribution in [0.5, 0.6) is 5.75 Å². The van der Waals surface area contributed by atoms with Crippen LogP contribution in [0, 0.1) is 11.8 Å². The van der Waals surface area contributed by atoms with Gasteiger partial charge in [0, 0.05) is 31.2 Å². The van der Waals surface area contributed by atoms with Gasteiger partial charge in [0.25, 0.3) is 15.9 Å². The third kappa shape index (κ3) is 5.73. The largest absolute Gasteiger partial charge is 0.488 e. The number of carbonyl (C=O) groups is 1. The SMILES string of the molecule is C[C@@H]1CN([C@@H](C)CO)C(=O)c2cc(NS(=O)(=O)c3cccs3)ccc2O[C@@H]1CN(C)CC1CC1. The van der Waals surface area contributed by atoms with Crippen molar-refractivity contribution in [3.8, 4) is 5.75 Å². The number of rotatable bonds is 9. The predicted octanol–water partition coefficient (Wildman–Crippen LogP) is 3.11. The summed E-state index contributed by atoms with van der Waals surface area (Å²) in [7, 11) is -1.66. The maximum absolute atomic E-state index is 13.5. The summed E-state index contributed by atoms with van der Waals surface area (Å²) in [4.78, 5) is 17.5. The second-order valence-electron chi connectivity index (χ2n) is 9.54. The zero-order chi connectivity index (χ0) is 24.5. The molecule has 1 aliphatic carbocycles. The highest BCUT2D eigenvalue weighted by Crippen LogP contribution is 2.33. The summed E-state index contributed by atoms with van der Waals surface area (Å²) in [6, 6.07) is 7.64. The third-order valence-electron chi connectivity index (χ3n) is 6.44. The summed E-state index contributed by atoms with van der Waals surface area (Å²) >= 11 is 1.12. The lowest BCUT2D eigenvalue weighted by Gasteiger charge is -2.38. The monoisotopic (exact) mass is 507 g/mol. The van der Waals surface area contributed by atoms with Crippen LogP contribution >= 0.6 is 11.3 Å². The first-order valence-electron chi connectivity index (χ1n) is 11.7. The van der Waals surface area contributed by atoms with E-state index in [0.29, 0.717) is 12.3 Å². The zero-order valence-corrected chi connectivity index (χ0v) is 21.4. The van der Waals surface area contributed by atoms with Crippen molar-refractivity contribution in [2.24, 2.45) is 11.8 Å². The minimum atomic E-state index is -3.75. The number of thiophene rings is 1. The van der Waals surface area contributed by atoms with Gasteiger partial charge in [-0.3, -0.25) is 9.52 Å². The molecule has 10 heteroatoms. The van der Waals surface area contributed by atoms with Crippen molar-refractivity contribution in [3.05, 3.63) is 41.3 Å². The number of benzene rings is 1. The molecule has 2 heterocycles. The van der Waals surface area contributed by atoms with E-state index < -0.39 is 10.0 Å². The number of hydrogen-bond acceptors (Lipinski definition) is 7. The summed E-state index contributed by atoms with van der Waals surface area (Å²) < 4.78 is 34.5. The average Bonchev–Trinajstić information content (AvgIpc) is 3.41. The van der Waals surface area contributed by atoms with Crippen molar-refractivity contribution in [2.75, 3.05) is 38.0 Å². The minimum Gasteiger partial charge on any atom is -0.488 e. The van der Waals surface area contributed by atoms with Gasteiger partial charge < -0.3 is 19.6 Å². The Morgan fingerprint density at radius 2 is 2.06 bits per heavy atom. The highest BCUT2D eigenvalue weighted by molar-refractivity contribution is 7.94. The van der Waals surface area contributed by atoms with Crippen LogP contribution in [0.4, 0.5) is 5.69 Å². The molecule has 0 spiro atoms. The fourth-order valence-electron chi connectivity index (χ4n) is 4.25. The Morgan fingerprint density at radius 3 is 2.71 bits per heavy atom. The van der Waals surface area contributed by atoms with E-state index in [9.17, 15) is 18.3 Å². The lowest BCUT2D eigenvalue weighted by atomic mass is 9.99. The van der Waals surface area contributed by atoms with Gasteiger partial charge in [0.05, 0.1) is 18.2 Å². The number of amides is 1. The number of fused-ring (bicyclic) bond motifs is 1. The number of nitrogens with zero attached hydrogens (tertiary/aromatic N) is 2. The van der Waals surface area contributed by atoms with Crippen molar-refractivity contribution < 1.29 is 23.1 Å². The molecule has 1 saturated carbocycles. The molecule has 0 saturated heterocycles. The van der Waals surface area contributed by atoms with Crippen molar-refractivity contribution in [3.63, 3.8) is 0 Å². The van der Waals surface area contributed by atoms with E-state index in [2.05, 4.69) is 23.6 Å². The summed E-state index contributed by atoms with van der Waals surface area (Å²) in [6.45, 7) is 5.90. The average molecular weight is 508 g/mol. The molecule has 34 heavy (non-hydrogen) atoms. The molecule has 3 atom stereocenters. The van der Waals surface area contributed by atoms with Gasteiger partial charge in [-0.15, -0.1) is 11.3 Å². The molecule has 0 radical (unpaired) electrons. The Kier molecular flexibility index (Phi) is 7.51. The molecule has 2 aliphatic rings. The normalized spacial score (nSPS) is 22.0. The second-order valence-corrected chi connectivity index (χ2v) is 12.4. The maximum atomic E-state index is 13.5. The van der Waals surface area contributed by atoms with Gasteiger partial charge in [-0.25, -0.2) is 8.42 Å². The Morgan fingerprint density at radius 1 is 1.29 bits per heavy atom. The maximum Gasteiger partial charge on any atom is 0.271 e. The van der Waals surface area contributed by atoms with Crippen LogP contribution in [0.25, 0.3) is 0 Å². The van der Waals surface area contributed by atoms with E-state index in [1.807, 2.05) is 6.92 Å². The molecule has 1 aromatic carbocycles. The Hall–Kier alpha value is -2.14. The Labute approximate surface area is 205 Å². The van der Waals surface area contributed by atoms with Crippen LogP contribution in [-0.4, -0.2) is 74.7 Å². The molecule has 186 valence electrons. The van der Waals surface area contributed by atoms with Gasteiger partial charge in [0.2, 0.25) is 0 Å². The van der Waals surface area contributed by atoms with Gasteiger partial charge in [0.15, 0.2) is 0 Å². The quantitative estimate of drug-likeness (QED) is 0.541. The Bertz CT molecular complexity index is 1100. The van der Waals surface area contributed by atoms with E-state index in [4.69, 9.17) is 4.74 Å². The molecule has 4 rings (SSSR count). The molecule has 0 bridgehead atoms. The molecule has 1 amide bonds. The summed E-state index contributed by atoms with van der Waals surface area (Å²) in [5.74, 6) is 0.943. The number of nitrogens with one attached hydrogen (secondary N) is 1. The number of likely N-dealkylation sites (N-methyl/N-ethyl adjacent to an activating group) is 1. The van der Waals surface area contributed by atoms with Crippen LogP contribution in [-0.2, 0) is 10.0 Å². The number of aliphatic hydroxyl groups is 1. The second kappa shape index (κ2) is 10.2. The van der Waals surface area contributed by atoms with Crippen molar-refractivity contribution in [1.82, 2.24) is 9.80 Å². The first-order chi connectivity index (χ1) is 16.2. The first kappa shape index (κ1) is 25.0. The number of ether oxygens (including phenoxy) is 1. The molecule has 2 N–H and O–H groups in total. The van der Waals surface area contributed by atoms with E-state index in [0.717, 1.165) is 30.3 Å². The topological polar surface area (TPSA) is 99.2 Å². The number of carbonyl (C=O) groups excluding carboxylic acids is 1. The summed E-state index contributed by atoms with van der Waals surface area (Å²) in [6.07, 6.45) is 2.39. The molecule has 1 fully saturated rings. The van der Waals surface area contributed by atoms with Gasteiger partial charge in [-0.1, -0.05) is 13.0 Å². The lowest BCUT2D eigenvalue weighted by Crippen LogP contribution is -2.50. The van der Waals surface area contributed by atoms with Crippen LogP contribution in [0.2, 0.25) is 0 Å². The van der Waals surface area contributed by atoms with Gasteiger partial charge in [-0.05, 0) is 62.4 Å². The summed E-state index contributed by atoms with van der Waals surface area (Å²) in [5, 5.41) is 11.5. The number of hydrogen-bond donors (Lipinski definition) is 2. The summed E-state index contributed by atoms with van der Waals surface area (Å²) in [5.41, 5.74) is 0.574. The molecule has 2 aromatic rings. The fourth-order valence-corrected chi connectivity index (χ4v) is 6.29. The molecule has 1 aliphatic heterocycles. The first-order valence-corrected chi connectivity index (χ1v) is 14.0. The molecule has 0 unspecified atom stereocenters. The highest BCUT2D eigenvalue weighted by atomic mass is 32.2. The molecule has 8 nitrogen and oxygen atoms in total. The van der Waals surface area contributed by atoms with Crippen molar-refractivity contribution in [1.29, 1.82) is 0 Å². The van der Waals surface area contributed by atoms with Gasteiger partial charge >= 0.3 is 0 Å². The smallest absolute Gasteiger partial charge is 0.271 e. The Balaban J connectivity index is 1.64. The molecular formula is C24H33N3O5S2. The van der Waals surface area contributed by atoms with Gasteiger partial charge in [-0.2, -0.15) is 0 Å². The van der Waals surface area contributed by atoms with Crippen LogP contribution in [0.15, 0.2) is 39.9 Å². The number of anilines is 1. The highest BCUT2D eigenvalue weighted by Gasteiger charge is 2.34. The van der Waals surface area contributed by atoms with Crippen LogP contribution in [0.1, 0.15) is 37.0 Å². The fraction of sp³-hybridized carbons (Fsp3) is 0.542. The van der Waals surface area contributed by atoms with Crippen LogP contribution < -0.4 is 9.46 Å². The van der Waals surface area contributed by atoms with Crippen LogP contribution in [0.3, 0.4) is 0 Å². The van der Waals surface area contributed by atoms with Crippen molar-refractivity contribution >= 4 is 33.0 Å². The van der Waals surface area contributed by atoms with E-state index in [1.165, 1.54) is 25.0 Å². The predicted molar refractivity (Wildman–Crippen MR) is 133 cm³/mol. The third-order valence-corrected chi connectivity index (χ3v) is 9.21. The van der Waals surface area contributed by atoms with E-state index in [-0.39, 0.29) is 46.0 Å².